The van der Waals surface area contributed by atoms with E-state index in [2.05, 4.69) is 69.2 Å². The zero-order valence-electron chi connectivity index (χ0n) is 22.4. The molecule has 39 heavy (non-hydrogen) atoms. The number of nitrogens with one attached hydrogen (secondary N) is 3. The van der Waals surface area contributed by atoms with Crippen LogP contribution in [0.1, 0.15) is 48.2 Å². The third-order valence-electron chi connectivity index (χ3n) is 7.71. The van der Waals surface area contributed by atoms with Crippen molar-refractivity contribution in [2.45, 2.75) is 39.2 Å². The molecular formula is C33H34N6. The van der Waals surface area contributed by atoms with Crippen molar-refractivity contribution in [1.29, 1.82) is 0 Å². The van der Waals surface area contributed by atoms with Crippen molar-refractivity contribution in [1.82, 2.24) is 30.5 Å². The third kappa shape index (κ3) is 5.33. The minimum Gasteiger partial charge on any atom is -0.357 e. The number of pyridine rings is 2. The Kier molecular flexibility index (Phi) is 7.19. The van der Waals surface area contributed by atoms with Crippen LogP contribution in [0.15, 0.2) is 85.9 Å². The predicted molar refractivity (Wildman–Crippen MR) is 159 cm³/mol. The molecule has 0 saturated heterocycles. The number of allylic oxidation sites excluding steroid dienone is 2. The van der Waals surface area contributed by atoms with Crippen molar-refractivity contribution in [2.24, 2.45) is 5.92 Å². The molecule has 1 aromatic carbocycles. The summed E-state index contributed by atoms with van der Waals surface area (Å²) in [7, 11) is 0. The van der Waals surface area contributed by atoms with E-state index in [9.17, 15) is 0 Å². The van der Waals surface area contributed by atoms with Gasteiger partial charge in [-0.15, -0.1) is 0 Å². The van der Waals surface area contributed by atoms with Crippen LogP contribution < -0.4 is 5.32 Å². The van der Waals surface area contributed by atoms with E-state index >= 15 is 0 Å². The Balaban J connectivity index is 1.29. The maximum atomic E-state index is 4.69. The number of hydrogen-bond donors (Lipinski definition) is 3. The highest BCUT2D eigenvalue weighted by Gasteiger charge is 2.17. The van der Waals surface area contributed by atoms with Crippen LogP contribution in [0.2, 0.25) is 0 Å². The molecule has 1 aliphatic carbocycles. The number of aryl methyl sites for hydroxylation is 1. The molecule has 0 amide bonds. The van der Waals surface area contributed by atoms with Crippen molar-refractivity contribution >= 4 is 16.5 Å². The van der Waals surface area contributed by atoms with E-state index in [0.717, 1.165) is 74.9 Å². The molecule has 5 aromatic rings. The van der Waals surface area contributed by atoms with Crippen molar-refractivity contribution in [3.05, 3.63) is 108 Å². The highest BCUT2D eigenvalue weighted by atomic mass is 15.1. The lowest BCUT2D eigenvalue weighted by Gasteiger charge is -2.11. The van der Waals surface area contributed by atoms with Crippen molar-refractivity contribution < 1.29 is 0 Å². The van der Waals surface area contributed by atoms with Crippen LogP contribution in [0.4, 0.5) is 0 Å². The molecule has 0 radical (unpaired) electrons. The van der Waals surface area contributed by atoms with Crippen LogP contribution in [-0.2, 0) is 6.54 Å². The molecule has 6 nitrogen and oxygen atoms in total. The van der Waals surface area contributed by atoms with Crippen molar-refractivity contribution in [3.63, 3.8) is 0 Å². The van der Waals surface area contributed by atoms with E-state index in [4.69, 9.17) is 5.10 Å². The number of hydrogen-bond acceptors (Lipinski definition) is 4. The van der Waals surface area contributed by atoms with Crippen molar-refractivity contribution in [2.75, 3.05) is 6.54 Å². The van der Waals surface area contributed by atoms with Gasteiger partial charge in [0.05, 0.1) is 16.9 Å². The van der Waals surface area contributed by atoms with Crippen LogP contribution in [0.5, 0.6) is 0 Å². The van der Waals surface area contributed by atoms with E-state index in [0.29, 0.717) is 0 Å². The second kappa shape index (κ2) is 11.2. The fourth-order valence-corrected chi connectivity index (χ4v) is 5.69. The zero-order chi connectivity index (χ0) is 26.6. The number of nitrogens with zero attached hydrogens (tertiary/aromatic N) is 3. The first-order valence-electron chi connectivity index (χ1n) is 13.8. The molecule has 3 N–H and O–H groups in total. The fourth-order valence-electron chi connectivity index (χ4n) is 5.69. The maximum absolute atomic E-state index is 4.69. The standard InChI is InChI=1S/C33H34N6/c1-3-8-27(30-11-6-7-14-36-30)28-17-32(37-22(28)2)33-29-16-25(12-13-31(29)38-39-33)26-15-24(20-35-21-26)19-34-18-23-9-4-5-10-23/h3,6-8,11-17,20-21,23,34,37H,1,4-5,9-10,18-19H2,2H3,(H,38,39)/b27-8+. The highest BCUT2D eigenvalue weighted by Crippen LogP contribution is 2.34. The van der Waals surface area contributed by atoms with E-state index in [1.54, 1.807) is 6.08 Å². The SMILES string of the molecule is C=C/C=C(/c1ccccn1)c1cc(-c2n[nH]c3ccc(-c4cncc(CNCC5CCCC5)c4)cc23)[nH]c1C. The largest absolute Gasteiger partial charge is 0.357 e. The first-order chi connectivity index (χ1) is 19.2. The summed E-state index contributed by atoms with van der Waals surface area (Å²) in [4.78, 5) is 12.7. The van der Waals surface area contributed by atoms with Gasteiger partial charge in [0, 0.05) is 52.9 Å². The van der Waals surface area contributed by atoms with Gasteiger partial charge in [0.25, 0.3) is 0 Å². The molecule has 0 aliphatic heterocycles. The number of fused-ring (bicyclic) bond motifs is 1. The Morgan fingerprint density at radius 1 is 1.08 bits per heavy atom. The normalized spacial score (nSPS) is 14.3. The molecule has 6 heteroatoms. The van der Waals surface area contributed by atoms with E-state index in [1.807, 2.05) is 42.9 Å². The minimum atomic E-state index is 0.826. The highest BCUT2D eigenvalue weighted by molar-refractivity contribution is 5.96. The molecule has 1 aliphatic rings. The summed E-state index contributed by atoms with van der Waals surface area (Å²) in [5.74, 6) is 0.826. The van der Waals surface area contributed by atoms with Crippen LogP contribution in [-0.4, -0.2) is 31.7 Å². The zero-order valence-corrected chi connectivity index (χ0v) is 22.4. The molecule has 0 bridgehead atoms. The summed E-state index contributed by atoms with van der Waals surface area (Å²) in [6.07, 6.45) is 15.0. The smallest absolute Gasteiger partial charge is 0.116 e. The average molecular weight is 515 g/mol. The molecular weight excluding hydrogens is 480 g/mol. The second-order valence-electron chi connectivity index (χ2n) is 10.4. The summed E-state index contributed by atoms with van der Waals surface area (Å²) < 4.78 is 0. The van der Waals surface area contributed by atoms with Crippen molar-refractivity contribution in [3.8, 4) is 22.5 Å². The number of aromatic nitrogens is 5. The topological polar surface area (TPSA) is 82.3 Å². The molecule has 0 unspecified atom stereocenters. The fraction of sp³-hybridized carbons (Fsp3) is 0.242. The number of H-pyrrole nitrogens is 2. The average Bonchev–Trinajstić information content (AvgIpc) is 3.72. The summed E-state index contributed by atoms with van der Waals surface area (Å²) in [6.45, 7) is 7.94. The van der Waals surface area contributed by atoms with E-state index in [-0.39, 0.29) is 0 Å². The maximum Gasteiger partial charge on any atom is 0.116 e. The predicted octanol–water partition coefficient (Wildman–Crippen LogP) is 7.22. The van der Waals surface area contributed by atoms with Gasteiger partial charge in [-0.3, -0.25) is 15.1 Å². The van der Waals surface area contributed by atoms with Gasteiger partial charge in [-0.1, -0.05) is 43.7 Å². The number of benzene rings is 1. The summed E-state index contributed by atoms with van der Waals surface area (Å²) >= 11 is 0. The first kappa shape index (κ1) is 25.0. The molecule has 4 heterocycles. The van der Waals surface area contributed by atoms with Crippen LogP contribution in [0, 0.1) is 12.8 Å². The van der Waals surface area contributed by atoms with Gasteiger partial charge in [-0.05, 0) is 79.8 Å². The monoisotopic (exact) mass is 514 g/mol. The van der Waals surface area contributed by atoms with Gasteiger partial charge in [0.15, 0.2) is 0 Å². The Morgan fingerprint density at radius 3 is 2.79 bits per heavy atom. The Bertz CT molecular complexity index is 1620. The third-order valence-corrected chi connectivity index (χ3v) is 7.71. The molecule has 6 rings (SSSR count). The number of rotatable bonds is 9. The molecule has 196 valence electrons. The Hall–Kier alpha value is -4.29. The van der Waals surface area contributed by atoms with Gasteiger partial charge in [0.1, 0.15) is 5.69 Å². The van der Waals surface area contributed by atoms with Crippen LogP contribution >= 0.6 is 0 Å². The molecule has 1 saturated carbocycles. The molecule has 1 fully saturated rings. The van der Waals surface area contributed by atoms with Crippen LogP contribution in [0.25, 0.3) is 39.0 Å². The van der Waals surface area contributed by atoms with Gasteiger partial charge in [0.2, 0.25) is 0 Å². The Morgan fingerprint density at radius 2 is 1.97 bits per heavy atom. The van der Waals surface area contributed by atoms with Crippen LogP contribution in [0.3, 0.4) is 0 Å². The number of aromatic amines is 2. The Labute approximate surface area is 229 Å². The molecule has 4 aromatic heterocycles. The summed E-state index contributed by atoms with van der Waals surface area (Å²) in [5.41, 5.74) is 10.4. The molecule has 0 atom stereocenters. The van der Waals surface area contributed by atoms with Gasteiger partial charge in [-0.25, -0.2) is 0 Å². The molecule has 0 spiro atoms. The van der Waals surface area contributed by atoms with Gasteiger partial charge in [-0.2, -0.15) is 5.10 Å². The lowest BCUT2D eigenvalue weighted by Crippen LogP contribution is -2.20. The summed E-state index contributed by atoms with van der Waals surface area (Å²) in [5, 5.41) is 12.6. The van der Waals surface area contributed by atoms with E-state index < -0.39 is 0 Å². The summed E-state index contributed by atoms with van der Waals surface area (Å²) in [6, 6.07) is 16.8. The minimum absolute atomic E-state index is 0.826. The van der Waals surface area contributed by atoms with E-state index in [1.165, 1.54) is 31.2 Å². The van der Waals surface area contributed by atoms with Gasteiger partial charge >= 0.3 is 0 Å². The second-order valence-corrected chi connectivity index (χ2v) is 10.4. The first-order valence-corrected chi connectivity index (χ1v) is 13.8. The quantitative estimate of drug-likeness (QED) is 0.181. The lowest BCUT2D eigenvalue weighted by molar-refractivity contribution is 0.489. The van der Waals surface area contributed by atoms with Gasteiger partial charge < -0.3 is 10.3 Å². The lowest BCUT2D eigenvalue weighted by atomic mass is 10.0.